The van der Waals surface area contributed by atoms with E-state index in [0.29, 0.717) is 6.71 Å². The summed E-state index contributed by atoms with van der Waals surface area (Å²) in [5.74, 6) is 0. The molecule has 164 valence electrons. The molecule has 4 nitrogen and oxygen atoms in total. The van der Waals surface area contributed by atoms with Crippen LogP contribution < -0.4 is 5.46 Å². The maximum Gasteiger partial charge on any atom is 0.177 e. The summed E-state index contributed by atoms with van der Waals surface area (Å²) >= 11 is 9.82. The molecule has 0 unspecified atom stereocenters. The minimum absolute atomic E-state index is 0.698. The summed E-state index contributed by atoms with van der Waals surface area (Å²) in [5, 5.41) is 0. The Morgan fingerprint density at radius 1 is 0.688 bits per heavy atom. The zero-order valence-electron chi connectivity index (χ0n) is 18.0. The molecule has 0 spiro atoms. The third-order valence-electron chi connectivity index (χ3n) is 4.52. The summed E-state index contributed by atoms with van der Waals surface area (Å²) in [6.07, 6.45) is 13.3. The van der Waals surface area contributed by atoms with E-state index in [1.165, 1.54) is 18.1 Å². The zero-order valence-corrected chi connectivity index (χ0v) is 22.8. The topological polar surface area (TPSA) is 51.6 Å². The third-order valence-corrected chi connectivity index (χ3v) is 5.92. The Labute approximate surface area is 215 Å². The smallest absolute Gasteiger partial charge is 0.177 e. The molecular formula is C24H24BBr3N4. The van der Waals surface area contributed by atoms with Crippen molar-refractivity contribution in [1.29, 1.82) is 0 Å². The quantitative estimate of drug-likeness (QED) is 0.177. The van der Waals surface area contributed by atoms with Gasteiger partial charge >= 0.3 is 0 Å². The summed E-state index contributed by atoms with van der Waals surface area (Å²) in [6.45, 7) is 5.14. The maximum atomic E-state index is 4.26. The van der Waals surface area contributed by atoms with Gasteiger partial charge in [-0.25, -0.2) is 4.98 Å². The lowest BCUT2D eigenvalue weighted by Gasteiger charge is -2.06. The van der Waals surface area contributed by atoms with Gasteiger partial charge in [0.25, 0.3) is 0 Å². The average Bonchev–Trinajstić information content (AvgIpc) is 2.84. The van der Waals surface area contributed by atoms with Crippen molar-refractivity contribution in [1.82, 2.24) is 19.9 Å². The fourth-order valence-electron chi connectivity index (χ4n) is 2.80. The summed E-state index contributed by atoms with van der Waals surface area (Å²) in [7, 11) is 0. The molecule has 0 aliphatic carbocycles. The zero-order chi connectivity index (χ0) is 23.2. The number of hydrogen-bond donors (Lipinski definition) is 0. The molecule has 32 heavy (non-hydrogen) atoms. The molecule has 0 aliphatic heterocycles. The first-order valence-electron chi connectivity index (χ1n) is 10.2. The van der Waals surface area contributed by atoms with Gasteiger partial charge in [-0.1, -0.05) is 38.0 Å². The van der Waals surface area contributed by atoms with Gasteiger partial charge in [-0.15, -0.1) is 0 Å². The molecule has 0 aromatic carbocycles. The minimum atomic E-state index is 0.698. The summed E-state index contributed by atoms with van der Waals surface area (Å²) in [4.78, 5) is 16.3. The van der Waals surface area contributed by atoms with E-state index in [1.807, 2.05) is 54.9 Å². The molecule has 8 heteroatoms. The second kappa shape index (κ2) is 15.0. The van der Waals surface area contributed by atoms with Crippen molar-refractivity contribution in [3.63, 3.8) is 0 Å². The Morgan fingerprint density at radius 3 is 1.75 bits per heavy atom. The molecule has 4 heterocycles. The Balaban J connectivity index is 0.000000175. The third kappa shape index (κ3) is 9.71. The Kier molecular flexibility index (Phi) is 12.4. The number of pyridine rings is 4. The van der Waals surface area contributed by atoms with Crippen LogP contribution in [0.5, 0.6) is 0 Å². The highest BCUT2D eigenvalue weighted by Crippen LogP contribution is 2.17. The number of aromatic nitrogens is 4. The van der Waals surface area contributed by atoms with E-state index < -0.39 is 0 Å². The van der Waals surface area contributed by atoms with Gasteiger partial charge in [-0.05, 0) is 90.3 Å². The molecule has 0 atom stereocenters. The largest absolute Gasteiger partial charge is 0.265 e. The highest BCUT2D eigenvalue weighted by Gasteiger charge is 2.09. The van der Waals surface area contributed by atoms with Gasteiger partial charge in [-0.3, -0.25) is 15.0 Å². The lowest BCUT2D eigenvalue weighted by atomic mass is 9.42. The summed E-state index contributed by atoms with van der Waals surface area (Å²) < 4.78 is 2.85. The first-order chi connectivity index (χ1) is 15.5. The molecule has 0 bridgehead atoms. The second-order valence-electron chi connectivity index (χ2n) is 6.70. The maximum absolute atomic E-state index is 4.26. The average molecular weight is 619 g/mol. The van der Waals surface area contributed by atoms with Crippen LogP contribution in [0.15, 0.2) is 99.3 Å². The fourth-order valence-corrected chi connectivity index (χ4v) is 3.50. The number of rotatable bonds is 4. The molecule has 0 saturated heterocycles. The predicted molar refractivity (Wildman–Crippen MR) is 145 cm³/mol. The lowest BCUT2D eigenvalue weighted by molar-refractivity contribution is 1.26. The highest BCUT2D eigenvalue weighted by atomic mass is 79.9. The normalized spacial score (nSPS) is 9.66. The van der Waals surface area contributed by atoms with Gasteiger partial charge in [-0.2, -0.15) is 0 Å². The first kappa shape index (κ1) is 26.4. The van der Waals surface area contributed by atoms with Crippen LogP contribution in [-0.4, -0.2) is 26.6 Å². The SMILES string of the molecule is Brc1ccc(-c2cccnc2)nc1.Brc1ccc(Br)nc1.CCB(CC)c1cccnc1. The molecule has 0 saturated carbocycles. The molecule has 0 aliphatic rings. The molecule has 0 fully saturated rings. The standard InChI is InChI=1S/C10H7BrN2.C9H14BN.C5H3Br2N/c11-9-3-4-10(13-7-9)8-2-1-5-12-6-8;1-3-10(4-2)9-6-5-7-11-8-9;6-4-1-2-5(7)8-3-4/h1-7H;5-8H,3-4H2,1-2H3;1-3H. The van der Waals surface area contributed by atoms with Crippen LogP contribution in [0, 0.1) is 0 Å². The summed E-state index contributed by atoms with van der Waals surface area (Å²) in [5.41, 5.74) is 3.35. The second-order valence-corrected chi connectivity index (χ2v) is 9.35. The van der Waals surface area contributed by atoms with Crippen molar-refractivity contribution in [3.8, 4) is 11.3 Å². The Morgan fingerprint density at radius 2 is 1.31 bits per heavy atom. The monoisotopic (exact) mass is 616 g/mol. The number of halogens is 3. The van der Waals surface area contributed by atoms with E-state index >= 15 is 0 Å². The lowest BCUT2D eigenvalue weighted by Crippen LogP contribution is -2.27. The van der Waals surface area contributed by atoms with Gasteiger partial charge in [0.05, 0.1) is 5.69 Å². The van der Waals surface area contributed by atoms with Crippen molar-refractivity contribution >= 4 is 60.0 Å². The molecule has 4 rings (SSSR count). The van der Waals surface area contributed by atoms with Crippen LogP contribution in [0.2, 0.25) is 12.6 Å². The molecule has 0 radical (unpaired) electrons. The van der Waals surface area contributed by atoms with Crippen molar-refractivity contribution in [2.24, 2.45) is 0 Å². The number of hydrogen-bond acceptors (Lipinski definition) is 4. The van der Waals surface area contributed by atoms with Gasteiger partial charge in [0.1, 0.15) is 4.60 Å². The van der Waals surface area contributed by atoms with Crippen molar-refractivity contribution < 1.29 is 0 Å². The van der Waals surface area contributed by atoms with Crippen LogP contribution in [0.25, 0.3) is 11.3 Å². The van der Waals surface area contributed by atoms with E-state index in [4.69, 9.17) is 0 Å². The predicted octanol–water partition coefficient (Wildman–Crippen LogP) is 7.34. The van der Waals surface area contributed by atoms with E-state index in [1.54, 1.807) is 24.8 Å². The Hall–Kier alpha value is -1.90. The van der Waals surface area contributed by atoms with E-state index in [2.05, 4.69) is 87.6 Å². The van der Waals surface area contributed by atoms with E-state index in [0.717, 1.165) is 24.8 Å². The van der Waals surface area contributed by atoms with Crippen molar-refractivity contribution in [2.45, 2.75) is 26.5 Å². The van der Waals surface area contributed by atoms with Gasteiger partial charge in [0, 0.05) is 51.7 Å². The summed E-state index contributed by atoms with van der Waals surface area (Å²) in [6, 6.07) is 15.8. The van der Waals surface area contributed by atoms with Crippen molar-refractivity contribution in [3.05, 3.63) is 99.3 Å². The van der Waals surface area contributed by atoms with Crippen LogP contribution in [0.1, 0.15) is 13.8 Å². The minimum Gasteiger partial charge on any atom is -0.265 e. The van der Waals surface area contributed by atoms with Crippen LogP contribution in [0.4, 0.5) is 0 Å². The molecular weight excluding hydrogens is 595 g/mol. The molecule has 0 N–H and O–H groups in total. The highest BCUT2D eigenvalue weighted by molar-refractivity contribution is 9.11. The first-order valence-corrected chi connectivity index (χ1v) is 12.6. The van der Waals surface area contributed by atoms with Crippen LogP contribution in [-0.2, 0) is 0 Å². The Bertz CT molecular complexity index is 994. The van der Waals surface area contributed by atoms with Gasteiger partial charge in [0.15, 0.2) is 6.71 Å². The number of nitrogens with zero attached hydrogens (tertiary/aromatic N) is 4. The molecule has 4 aromatic heterocycles. The fraction of sp³-hybridized carbons (Fsp3) is 0.167. The van der Waals surface area contributed by atoms with Crippen LogP contribution in [0.3, 0.4) is 0 Å². The van der Waals surface area contributed by atoms with Gasteiger partial charge in [0.2, 0.25) is 0 Å². The molecule has 0 amide bonds. The molecule has 4 aromatic rings. The van der Waals surface area contributed by atoms with E-state index in [9.17, 15) is 0 Å². The van der Waals surface area contributed by atoms with Crippen LogP contribution >= 0.6 is 47.8 Å². The van der Waals surface area contributed by atoms with E-state index in [-0.39, 0.29) is 0 Å². The van der Waals surface area contributed by atoms with Crippen molar-refractivity contribution in [2.75, 3.05) is 0 Å². The van der Waals surface area contributed by atoms with Gasteiger partial charge < -0.3 is 0 Å².